The highest BCUT2D eigenvalue weighted by Gasteiger charge is 2.44. The molecule has 2 aliphatic rings. The molecule has 3 heterocycles. The summed E-state index contributed by atoms with van der Waals surface area (Å²) in [7, 11) is 4.57. The number of likely N-dealkylation sites (tertiary alicyclic amines) is 1. The Hall–Kier alpha value is -3.53. The molecule has 2 aromatic carbocycles. The van der Waals surface area contributed by atoms with Gasteiger partial charge in [0.05, 0.1) is 42.5 Å². The summed E-state index contributed by atoms with van der Waals surface area (Å²) in [5.41, 5.74) is 1.06. The van der Waals surface area contributed by atoms with Crippen LogP contribution in [0.2, 0.25) is 10.0 Å². The van der Waals surface area contributed by atoms with E-state index in [0.29, 0.717) is 78.2 Å². The van der Waals surface area contributed by atoms with Crippen LogP contribution in [0.4, 0.5) is 0 Å². The summed E-state index contributed by atoms with van der Waals surface area (Å²) in [4.78, 5) is 34.1. The number of rotatable bonds is 10. The van der Waals surface area contributed by atoms with Crippen molar-refractivity contribution in [1.29, 1.82) is 0 Å². The van der Waals surface area contributed by atoms with Crippen LogP contribution in [0, 0.1) is 0 Å². The van der Waals surface area contributed by atoms with Crippen molar-refractivity contribution in [1.82, 2.24) is 20.5 Å². The lowest BCUT2D eigenvalue weighted by Crippen LogP contribution is -2.51. The number of nitrogens with one attached hydrogen (secondary N) is 2. The molecule has 0 spiro atoms. The number of pyridine rings is 1. The summed E-state index contributed by atoms with van der Waals surface area (Å²) >= 11 is 12.8. The SMILES string of the molecule is COc1cc(C(=O)N2CCC(CCNC(=O)C3(c4ccccn4)CCNCC3)(c3ccc(Cl)c(Cl)c3)C2)cc(OC)c1OC. The first kappa shape index (κ1) is 31.9. The summed E-state index contributed by atoms with van der Waals surface area (Å²) in [6.45, 7) is 2.87. The van der Waals surface area contributed by atoms with Gasteiger partial charge in [-0.3, -0.25) is 14.6 Å². The van der Waals surface area contributed by atoms with Crippen LogP contribution in [0.3, 0.4) is 0 Å². The van der Waals surface area contributed by atoms with Crippen molar-refractivity contribution < 1.29 is 23.8 Å². The highest BCUT2D eigenvalue weighted by atomic mass is 35.5. The Labute approximate surface area is 268 Å². The maximum atomic E-state index is 13.9. The lowest BCUT2D eigenvalue weighted by molar-refractivity contribution is -0.128. The van der Waals surface area contributed by atoms with Crippen molar-refractivity contribution in [3.63, 3.8) is 0 Å². The van der Waals surface area contributed by atoms with Crippen molar-refractivity contribution in [3.05, 3.63) is 81.6 Å². The fourth-order valence-electron chi connectivity index (χ4n) is 6.53. The third-order valence-electron chi connectivity index (χ3n) is 9.02. The molecular formula is C33H38Cl2N4O5. The fourth-order valence-corrected chi connectivity index (χ4v) is 6.82. The van der Waals surface area contributed by atoms with Gasteiger partial charge in [0.15, 0.2) is 11.5 Å². The zero-order chi connectivity index (χ0) is 31.3. The molecule has 2 fully saturated rings. The third-order valence-corrected chi connectivity index (χ3v) is 9.76. The van der Waals surface area contributed by atoms with Crippen molar-refractivity contribution in [2.24, 2.45) is 0 Å². The molecule has 0 saturated carbocycles. The van der Waals surface area contributed by atoms with Gasteiger partial charge in [0.1, 0.15) is 0 Å². The first-order valence-corrected chi connectivity index (χ1v) is 15.5. The number of carbonyl (C=O) groups excluding carboxylic acids is 2. The zero-order valence-corrected chi connectivity index (χ0v) is 26.8. The molecule has 2 saturated heterocycles. The van der Waals surface area contributed by atoms with Crippen molar-refractivity contribution in [2.45, 2.75) is 36.5 Å². The molecule has 11 heteroatoms. The molecule has 9 nitrogen and oxygen atoms in total. The first-order chi connectivity index (χ1) is 21.3. The van der Waals surface area contributed by atoms with E-state index in [9.17, 15) is 9.59 Å². The molecule has 5 rings (SSSR count). The number of methoxy groups -OCH3 is 3. The number of aromatic nitrogens is 1. The minimum Gasteiger partial charge on any atom is -0.493 e. The molecule has 2 amide bonds. The van der Waals surface area contributed by atoms with Crippen LogP contribution in [0.1, 0.15) is 47.3 Å². The molecular weight excluding hydrogens is 603 g/mol. The fraction of sp³-hybridized carbons (Fsp3) is 0.424. The Morgan fingerprint density at radius 3 is 2.30 bits per heavy atom. The minimum atomic E-state index is -0.687. The van der Waals surface area contributed by atoms with E-state index in [-0.39, 0.29) is 11.8 Å². The smallest absolute Gasteiger partial charge is 0.254 e. The predicted molar refractivity (Wildman–Crippen MR) is 170 cm³/mol. The highest BCUT2D eigenvalue weighted by Crippen LogP contribution is 2.42. The molecule has 0 bridgehead atoms. The van der Waals surface area contributed by atoms with Gasteiger partial charge in [-0.1, -0.05) is 35.3 Å². The molecule has 2 N–H and O–H groups in total. The van der Waals surface area contributed by atoms with Crippen molar-refractivity contribution in [2.75, 3.05) is 54.1 Å². The van der Waals surface area contributed by atoms with E-state index in [0.717, 1.165) is 24.3 Å². The average Bonchev–Trinajstić information content (AvgIpc) is 3.50. The zero-order valence-electron chi connectivity index (χ0n) is 25.3. The monoisotopic (exact) mass is 640 g/mol. The number of piperidine rings is 1. The summed E-state index contributed by atoms with van der Waals surface area (Å²) < 4.78 is 16.4. The Kier molecular flexibility index (Phi) is 9.87. The van der Waals surface area contributed by atoms with Crippen LogP contribution in [0.25, 0.3) is 0 Å². The number of carbonyl (C=O) groups is 2. The number of hydrogen-bond donors (Lipinski definition) is 2. The molecule has 44 heavy (non-hydrogen) atoms. The highest BCUT2D eigenvalue weighted by molar-refractivity contribution is 6.42. The molecule has 234 valence electrons. The summed E-state index contributed by atoms with van der Waals surface area (Å²) in [5, 5.41) is 7.52. The van der Waals surface area contributed by atoms with Crippen molar-refractivity contribution >= 4 is 35.0 Å². The quantitative estimate of drug-likeness (QED) is 0.321. The average molecular weight is 642 g/mol. The molecule has 2 aliphatic heterocycles. The third kappa shape index (κ3) is 6.18. The van der Waals surface area contributed by atoms with E-state index in [4.69, 9.17) is 37.4 Å². The van der Waals surface area contributed by atoms with E-state index >= 15 is 0 Å². The van der Waals surface area contributed by atoms with E-state index < -0.39 is 10.8 Å². The first-order valence-electron chi connectivity index (χ1n) is 14.7. The number of nitrogens with zero attached hydrogens (tertiary/aromatic N) is 2. The van der Waals surface area contributed by atoms with Gasteiger partial charge >= 0.3 is 0 Å². The molecule has 0 radical (unpaired) electrons. The van der Waals surface area contributed by atoms with Gasteiger partial charge in [0.2, 0.25) is 11.7 Å². The van der Waals surface area contributed by atoms with E-state index in [2.05, 4.69) is 15.6 Å². The Morgan fingerprint density at radius 1 is 0.955 bits per heavy atom. The van der Waals surface area contributed by atoms with Gasteiger partial charge < -0.3 is 29.7 Å². The van der Waals surface area contributed by atoms with E-state index in [1.165, 1.54) is 21.3 Å². The molecule has 3 aromatic rings. The Balaban J connectivity index is 1.39. The van der Waals surface area contributed by atoms with Gasteiger partial charge in [-0.05, 0) is 80.7 Å². The summed E-state index contributed by atoms with van der Waals surface area (Å²) in [5.74, 6) is 1.07. The van der Waals surface area contributed by atoms with Gasteiger partial charge in [-0.15, -0.1) is 0 Å². The summed E-state index contributed by atoms with van der Waals surface area (Å²) in [6, 6.07) is 14.7. The second-order valence-electron chi connectivity index (χ2n) is 11.4. The lowest BCUT2D eigenvalue weighted by Gasteiger charge is -2.36. The topological polar surface area (TPSA) is 102 Å². The number of benzene rings is 2. The van der Waals surface area contributed by atoms with E-state index in [1.54, 1.807) is 24.4 Å². The molecule has 1 unspecified atom stereocenters. The van der Waals surface area contributed by atoms with Crippen LogP contribution >= 0.6 is 23.2 Å². The lowest BCUT2D eigenvalue weighted by atomic mass is 9.74. The van der Waals surface area contributed by atoms with Crippen LogP contribution in [-0.2, 0) is 15.6 Å². The number of amides is 2. The molecule has 1 aromatic heterocycles. The second kappa shape index (κ2) is 13.6. The van der Waals surface area contributed by atoms with Gasteiger partial charge in [-0.25, -0.2) is 0 Å². The maximum absolute atomic E-state index is 13.9. The summed E-state index contributed by atoms with van der Waals surface area (Å²) in [6.07, 6.45) is 4.37. The minimum absolute atomic E-state index is 0.0228. The Bertz CT molecular complexity index is 1470. The number of hydrogen-bond acceptors (Lipinski definition) is 7. The Morgan fingerprint density at radius 2 is 1.68 bits per heavy atom. The largest absolute Gasteiger partial charge is 0.493 e. The number of ether oxygens (including phenoxy) is 3. The maximum Gasteiger partial charge on any atom is 0.254 e. The molecule has 0 aliphatic carbocycles. The standard InChI is InChI=1S/C33H38Cl2N4O5/c1-42-26-18-22(19-27(43-2)29(26)44-3)30(40)39-17-12-32(21-39,23-7-8-24(34)25(35)20-23)9-16-38-31(41)33(10-14-36-15-11-33)28-6-4-5-13-37-28/h4-8,13,18-20,36H,9-12,14-17,21H2,1-3H3,(H,38,41). The van der Waals surface area contributed by atoms with Crippen LogP contribution in [0.5, 0.6) is 17.2 Å². The second-order valence-corrected chi connectivity index (χ2v) is 12.2. The van der Waals surface area contributed by atoms with Crippen LogP contribution in [0.15, 0.2) is 54.7 Å². The van der Waals surface area contributed by atoms with Gasteiger partial charge in [0, 0.05) is 36.8 Å². The number of halogens is 2. The molecule has 1 atom stereocenters. The van der Waals surface area contributed by atoms with E-state index in [1.807, 2.05) is 35.2 Å². The predicted octanol–water partition coefficient (Wildman–Crippen LogP) is 5.03. The van der Waals surface area contributed by atoms with Crippen molar-refractivity contribution in [3.8, 4) is 17.2 Å². The van der Waals surface area contributed by atoms with Gasteiger partial charge in [0.25, 0.3) is 5.91 Å². The van der Waals surface area contributed by atoms with Gasteiger partial charge in [-0.2, -0.15) is 0 Å². The van der Waals surface area contributed by atoms with Crippen LogP contribution < -0.4 is 24.8 Å². The normalized spacial score (nSPS) is 19.3. The van der Waals surface area contributed by atoms with Crippen LogP contribution in [-0.4, -0.2) is 75.8 Å².